The van der Waals surface area contributed by atoms with Gasteiger partial charge in [-0.2, -0.15) is 0 Å². The minimum atomic E-state index is -0.140. The fraction of sp³-hybridized carbons (Fsp3) is 0.471. The highest BCUT2D eigenvalue weighted by atomic mass is 16.2. The van der Waals surface area contributed by atoms with Crippen molar-refractivity contribution in [2.75, 3.05) is 11.9 Å². The van der Waals surface area contributed by atoms with Gasteiger partial charge in [0.25, 0.3) is 0 Å². The lowest BCUT2D eigenvalue weighted by Gasteiger charge is -2.21. The first-order valence-corrected chi connectivity index (χ1v) is 7.22. The van der Waals surface area contributed by atoms with Crippen LogP contribution >= 0.6 is 0 Å². The van der Waals surface area contributed by atoms with Crippen LogP contribution in [0.15, 0.2) is 18.2 Å². The lowest BCUT2D eigenvalue weighted by atomic mass is 9.88. The second-order valence-corrected chi connectivity index (χ2v) is 5.31. The third-order valence-electron chi connectivity index (χ3n) is 3.77. The minimum absolute atomic E-state index is 0.140. The molecule has 0 aliphatic heterocycles. The fourth-order valence-electron chi connectivity index (χ4n) is 2.62. The van der Waals surface area contributed by atoms with Crippen LogP contribution in [-0.2, 0) is 4.79 Å². The number of aliphatic hydroxyl groups is 1. The molecule has 1 fully saturated rings. The normalized spacial score (nSPS) is 15.3. The quantitative estimate of drug-likeness (QED) is 0.813. The van der Waals surface area contributed by atoms with Crippen molar-refractivity contribution in [3.63, 3.8) is 0 Å². The summed E-state index contributed by atoms with van der Waals surface area (Å²) < 4.78 is 0. The molecule has 2 N–H and O–H groups in total. The number of aryl methyl sites for hydroxylation is 1. The minimum Gasteiger partial charge on any atom is -0.384 e. The van der Waals surface area contributed by atoms with E-state index < -0.39 is 0 Å². The Hall–Kier alpha value is -1.79. The van der Waals surface area contributed by atoms with Crippen LogP contribution in [0.3, 0.4) is 0 Å². The van der Waals surface area contributed by atoms with Gasteiger partial charge in [-0.3, -0.25) is 4.79 Å². The first-order valence-electron chi connectivity index (χ1n) is 7.22. The maximum absolute atomic E-state index is 12.2. The van der Waals surface area contributed by atoms with E-state index in [4.69, 9.17) is 5.11 Å². The Balaban J connectivity index is 2.03. The van der Waals surface area contributed by atoms with Gasteiger partial charge >= 0.3 is 0 Å². The van der Waals surface area contributed by atoms with Gasteiger partial charge in [0.05, 0.1) is 0 Å². The summed E-state index contributed by atoms with van der Waals surface area (Å²) >= 11 is 0. The highest BCUT2D eigenvalue weighted by Gasteiger charge is 2.21. The first kappa shape index (κ1) is 14.6. The molecule has 1 saturated carbocycles. The molecule has 20 heavy (non-hydrogen) atoms. The van der Waals surface area contributed by atoms with Crippen molar-refractivity contribution in [2.45, 2.75) is 39.0 Å². The number of hydrogen-bond donors (Lipinski definition) is 2. The van der Waals surface area contributed by atoms with Crippen LogP contribution in [0.1, 0.15) is 43.2 Å². The molecule has 0 saturated heterocycles. The summed E-state index contributed by atoms with van der Waals surface area (Å²) in [6.45, 7) is 1.82. The van der Waals surface area contributed by atoms with Crippen LogP contribution in [0, 0.1) is 24.7 Å². The number of carbonyl (C=O) groups is 1. The van der Waals surface area contributed by atoms with E-state index in [1.807, 2.05) is 25.1 Å². The number of aliphatic hydroxyl groups excluding tert-OH is 1. The zero-order chi connectivity index (χ0) is 14.4. The van der Waals surface area contributed by atoms with Gasteiger partial charge in [0, 0.05) is 17.2 Å². The molecule has 0 aromatic heterocycles. The number of nitrogens with one attached hydrogen (secondary N) is 1. The molecular weight excluding hydrogens is 250 g/mol. The van der Waals surface area contributed by atoms with Gasteiger partial charge in [-0.05, 0) is 43.5 Å². The molecule has 3 nitrogen and oxygen atoms in total. The second kappa shape index (κ2) is 7.12. The molecule has 0 radical (unpaired) electrons. The van der Waals surface area contributed by atoms with Gasteiger partial charge in [-0.25, -0.2) is 0 Å². The smallest absolute Gasteiger partial charge is 0.227 e. The Bertz CT molecular complexity index is 534. The Morgan fingerprint density at radius 2 is 2.10 bits per heavy atom. The van der Waals surface area contributed by atoms with Crippen molar-refractivity contribution < 1.29 is 9.90 Å². The van der Waals surface area contributed by atoms with Gasteiger partial charge in [0.15, 0.2) is 0 Å². The predicted molar refractivity (Wildman–Crippen MR) is 80.3 cm³/mol. The van der Waals surface area contributed by atoms with E-state index in [2.05, 4.69) is 17.2 Å². The molecule has 0 atom stereocenters. The number of benzene rings is 1. The van der Waals surface area contributed by atoms with E-state index in [0.29, 0.717) is 0 Å². The SMILES string of the molecule is Cc1cc(C#CCO)ccc1NC(=O)C1CCCCC1. The third kappa shape index (κ3) is 3.85. The molecule has 0 heterocycles. The molecule has 1 amide bonds. The van der Waals surface area contributed by atoms with Gasteiger partial charge in [-0.15, -0.1) is 0 Å². The van der Waals surface area contributed by atoms with Crippen molar-refractivity contribution in [2.24, 2.45) is 5.92 Å². The summed E-state index contributed by atoms with van der Waals surface area (Å²) in [6.07, 6.45) is 5.58. The van der Waals surface area contributed by atoms with Crippen LogP contribution < -0.4 is 5.32 Å². The summed E-state index contributed by atoms with van der Waals surface area (Å²) in [5.74, 6) is 5.79. The highest BCUT2D eigenvalue weighted by Crippen LogP contribution is 2.25. The number of carbonyl (C=O) groups excluding carboxylic acids is 1. The summed E-state index contributed by atoms with van der Waals surface area (Å²) in [5.41, 5.74) is 2.71. The molecule has 1 aromatic carbocycles. The lowest BCUT2D eigenvalue weighted by Crippen LogP contribution is -2.25. The first-order chi connectivity index (χ1) is 9.70. The molecule has 106 valence electrons. The van der Waals surface area contributed by atoms with Gasteiger partial charge in [0.1, 0.15) is 6.61 Å². The van der Waals surface area contributed by atoms with Crippen LogP contribution in [0.2, 0.25) is 0 Å². The maximum Gasteiger partial charge on any atom is 0.227 e. The monoisotopic (exact) mass is 271 g/mol. The molecule has 0 unspecified atom stereocenters. The van der Waals surface area contributed by atoms with Crippen LogP contribution in [0.4, 0.5) is 5.69 Å². The number of hydrogen-bond acceptors (Lipinski definition) is 2. The summed E-state index contributed by atoms with van der Waals surface area (Å²) in [5, 5.41) is 11.7. The zero-order valence-electron chi connectivity index (χ0n) is 11.9. The summed E-state index contributed by atoms with van der Waals surface area (Å²) in [7, 11) is 0. The fourth-order valence-corrected chi connectivity index (χ4v) is 2.62. The number of anilines is 1. The molecule has 0 bridgehead atoms. The average molecular weight is 271 g/mol. The van der Waals surface area contributed by atoms with Gasteiger partial charge < -0.3 is 10.4 Å². The van der Waals surface area contributed by atoms with Crippen molar-refractivity contribution in [1.82, 2.24) is 0 Å². The van der Waals surface area contributed by atoms with Crippen molar-refractivity contribution in [3.05, 3.63) is 29.3 Å². The van der Waals surface area contributed by atoms with Crippen molar-refractivity contribution in [3.8, 4) is 11.8 Å². The van der Waals surface area contributed by atoms with E-state index in [1.54, 1.807) is 0 Å². The highest BCUT2D eigenvalue weighted by molar-refractivity contribution is 5.93. The number of rotatable bonds is 2. The van der Waals surface area contributed by atoms with E-state index in [-0.39, 0.29) is 18.4 Å². The lowest BCUT2D eigenvalue weighted by molar-refractivity contribution is -0.120. The topological polar surface area (TPSA) is 49.3 Å². The third-order valence-corrected chi connectivity index (χ3v) is 3.77. The molecule has 2 rings (SSSR count). The second-order valence-electron chi connectivity index (χ2n) is 5.31. The van der Waals surface area contributed by atoms with Gasteiger partial charge in [-0.1, -0.05) is 31.1 Å². The molecular formula is C17H21NO2. The van der Waals surface area contributed by atoms with Crippen molar-refractivity contribution in [1.29, 1.82) is 0 Å². The Kier molecular flexibility index (Phi) is 5.20. The standard InChI is InChI=1S/C17H21NO2/c1-13-12-14(6-5-11-19)9-10-16(13)18-17(20)15-7-3-2-4-8-15/h9-10,12,15,19H,2-4,7-8,11H2,1H3,(H,18,20). The Morgan fingerprint density at radius 3 is 2.75 bits per heavy atom. The molecule has 3 heteroatoms. The maximum atomic E-state index is 12.2. The van der Waals surface area contributed by atoms with Crippen LogP contribution in [0.5, 0.6) is 0 Å². The summed E-state index contributed by atoms with van der Waals surface area (Å²) in [6, 6.07) is 5.68. The van der Waals surface area contributed by atoms with Crippen molar-refractivity contribution >= 4 is 11.6 Å². The average Bonchev–Trinajstić information content (AvgIpc) is 2.48. The van der Waals surface area contributed by atoms with E-state index in [9.17, 15) is 4.79 Å². The van der Waals surface area contributed by atoms with Crippen LogP contribution in [0.25, 0.3) is 0 Å². The Labute approximate surface area is 120 Å². The van der Waals surface area contributed by atoms with E-state index in [0.717, 1.165) is 42.5 Å². The molecule has 1 aromatic rings. The van der Waals surface area contributed by atoms with Gasteiger partial charge in [0.2, 0.25) is 5.91 Å². The molecule has 1 aliphatic rings. The Morgan fingerprint density at radius 1 is 1.35 bits per heavy atom. The van der Waals surface area contributed by atoms with Crippen LogP contribution in [-0.4, -0.2) is 17.6 Å². The summed E-state index contributed by atoms with van der Waals surface area (Å²) in [4.78, 5) is 12.2. The predicted octanol–water partition coefficient (Wildman–Crippen LogP) is 2.86. The largest absolute Gasteiger partial charge is 0.384 e. The molecule has 1 aliphatic carbocycles. The van der Waals surface area contributed by atoms with E-state index in [1.165, 1.54) is 6.42 Å². The molecule has 0 spiro atoms. The number of amides is 1. The van der Waals surface area contributed by atoms with E-state index >= 15 is 0 Å². The zero-order valence-corrected chi connectivity index (χ0v) is 11.9.